The van der Waals surface area contributed by atoms with E-state index in [1.54, 1.807) is 20.8 Å². The zero-order chi connectivity index (χ0) is 12.6. The Morgan fingerprint density at radius 3 is 2.31 bits per heavy atom. The van der Waals surface area contributed by atoms with Gasteiger partial charge in [0.15, 0.2) is 0 Å². The molecule has 4 nitrogen and oxygen atoms in total. The van der Waals surface area contributed by atoms with Crippen LogP contribution in [-0.2, 0) is 10.0 Å². The summed E-state index contributed by atoms with van der Waals surface area (Å²) in [5, 5.41) is 0.409. The van der Waals surface area contributed by atoms with Gasteiger partial charge in [0.2, 0.25) is 10.0 Å². The van der Waals surface area contributed by atoms with Crippen LogP contribution < -0.4 is 10.5 Å². The maximum Gasteiger partial charge on any atom is 0.243 e. The maximum absolute atomic E-state index is 11.9. The van der Waals surface area contributed by atoms with Gasteiger partial charge >= 0.3 is 0 Å². The summed E-state index contributed by atoms with van der Waals surface area (Å²) in [5.74, 6) is 0. The summed E-state index contributed by atoms with van der Waals surface area (Å²) in [6, 6.07) is 4.31. The Kier molecular flexibility index (Phi) is 3.52. The third-order valence-electron chi connectivity index (χ3n) is 1.70. The van der Waals surface area contributed by atoms with Crippen molar-refractivity contribution < 1.29 is 8.42 Å². The fourth-order valence-electron chi connectivity index (χ4n) is 1.22. The van der Waals surface area contributed by atoms with Crippen molar-refractivity contribution in [3.05, 3.63) is 23.2 Å². The van der Waals surface area contributed by atoms with E-state index in [9.17, 15) is 8.42 Å². The molecule has 0 heterocycles. The number of hydrogen-bond acceptors (Lipinski definition) is 3. The van der Waals surface area contributed by atoms with Crippen molar-refractivity contribution in [3.63, 3.8) is 0 Å². The molecule has 0 aliphatic rings. The molecule has 0 fully saturated rings. The SMILES string of the molecule is CC(C)(C)NS(=O)(=O)c1ccc(Cl)cc1N. The summed E-state index contributed by atoms with van der Waals surface area (Å²) >= 11 is 5.70. The summed E-state index contributed by atoms with van der Waals surface area (Å²) in [5.41, 5.74) is 5.21. The van der Waals surface area contributed by atoms with E-state index < -0.39 is 15.6 Å². The molecule has 0 unspecified atom stereocenters. The van der Waals surface area contributed by atoms with Gasteiger partial charge in [0, 0.05) is 10.6 Å². The lowest BCUT2D eigenvalue weighted by Gasteiger charge is -2.21. The molecule has 0 aliphatic carbocycles. The lowest BCUT2D eigenvalue weighted by Crippen LogP contribution is -2.40. The Morgan fingerprint density at radius 2 is 1.88 bits per heavy atom. The maximum atomic E-state index is 11.9. The fraction of sp³-hybridized carbons (Fsp3) is 0.400. The van der Waals surface area contributed by atoms with Crippen molar-refractivity contribution in [1.82, 2.24) is 4.72 Å². The fourth-order valence-corrected chi connectivity index (χ4v) is 2.94. The Morgan fingerprint density at radius 1 is 1.31 bits per heavy atom. The van der Waals surface area contributed by atoms with Crippen LogP contribution in [0, 0.1) is 0 Å². The lowest BCUT2D eigenvalue weighted by molar-refractivity contribution is 0.492. The van der Waals surface area contributed by atoms with Gasteiger partial charge < -0.3 is 5.73 Å². The number of nitrogen functional groups attached to an aromatic ring is 1. The number of halogens is 1. The monoisotopic (exact) mass is 262 g/mol. The predicted octanol–water partition coefficient (Wildman–Crippen LogP) is 2.00. The van der Waals surface area contributed by atoms with Crippen molar-refractivity contribution in [3.8, 4) is 0 Å². The van der Waals surface area contributed by atoms with E-state index >= 15 is 0 Å². The molecule has 0 saturated carbocycles. The molecule has 6 heteroatoms. The average molecular weight is 263 g/mol. The Hall–Kier alpha value is -0.780. The van der Waals surface area contributed by atoms with E-state index in [1.807, 2.05) is 0 Å². The van der Waals surface area contributed by atoms with Gasteiger partial charge in [-0.15, -0.1) is 0 Å². The molecular formula is C10H15ClN2O2S. The molecule has 0 atom stereocenters. The standard InChI is InChI=1S/C10H15ClN2O2S/c1-10(2,3)13-16(14,15)9-5-4-7(11)6-8(9)12/h4-6,13H,12H2,1-3H3. The van der Waals surface area contributed by atoms with Crippen molar-refractivity contribution in [2.45, 2.75) is 31.2 Å². The second-order valence-corrected chi connectivity index (χ2v) is 6.62. The van der Waals surface area contributed by atoms with Crippen LogP contribution >= 0.6 is 11.6 Å². The number of anilines is 1. The molecule has 0 radical (unpaired) electrons. The van der Waals surface area contributed by atoms with Crippen LogP contribution in [0.1, 0.15) is 20.8 Å². The first-order valence-electron chi connectivity index (χ1n) is 4.71. The quantitative estimate of drug-likeness (QED) is 0.801. The summed E-state index contributed by atoms with van der Waals surface area (Å²) in [6.07, 6.45) is 0. The highest BCUT2D eigenvalue weighted by Gasteiger charge is 2.23. The van der Waals surface area contributed by atoms with Gasteiger partial charge in [-0.25, -0.2) is 13.1 Å². The molecular weight excluding hydrogens is 248 g/mol. The van der Waals surface area contributed by atoms with Gasteiger partial charge in [-0.2, -0.15) is 0 Å². The van der Waals surface area contributed by atoms with Crippen LogP contribution in [0.4, 0.5) is 5.69 Å². The first-order chi connectivity index (χ1) is 7.12. The van der Waals surface area contributed by atoms with Crippen molar-refractivity contribution in [1.29, 1.82) is 0 Å². The van der Waals surface area contributed by atoms with Crippen LogP contribution in [0.25, 0.3) is 0 Å². The average Bonchev–Trinajstić information content (AvgIpc) is 1.97. The second-order valence-electron chi connectivity index (χ2n) is 4.54. The van der Waals surface area contributed by atoms with Crippen LogP contribution in [-0.4, -0.2) is 14.0 Å². The Bertz CT molecular complexity index is 492. The minimum Gasteiger partial charge on any atom is -0.398 e. The topological polar surface area (TPSA) is 72.2 Å². The zero-order valence-corrected chi connectivity index (χ0v) is 11.0. The Balaban J connectivity index is 3.18. The van der Waals surface area contributed by atoms with E-state index in [4.69, 9.17) is 17.3 Å². The molecule has 90 valence electrons. The van der Waals surface area contributed by atoms with E-state index in [2.05, 4.69) is 4.72 Å². The molecule has 1 aromatic carbocycles. The van der Waals surface area contributed by atoms with Crippen molar-refractivity contribution in [2.75, 3.05) is 5.73 Å². The van der Waals surface area contributed by atoms with E-state index in [0.717, 1.165) is 0 Å². The summed E-state index contributed by atoms with van der Waals surface area (Å²) in [7, 11) is -3.60. The van der Waals surface area contributed by atoms with Crippen LogP contribution in [0.5, 0.6) is 0 Å². The van der Waals surface area contributed by atoms with Gasteiger partial charge in [0.25, 0.3) is 0 Å². The minimum absolute atomic E-state index is 0.0480. The van der Waals surface area contributed by atoms with Crippen molar-refractivity contribution >= 4 is 27.3 Å². The first-order valence-corrected chi connectivity index (χ1v) is 6.57. The van der Waals surface area contributed by atoms with Gasteiger partial charge in [-0.3, -0.25) is 0 Å². The van der Waals surface area contributed by atoms with Crippen LogP contribution in [0.2, 0.25) is 5.02 Å². The normalized spacial score (nSPS) is 12.8. The number of hydrogen-bond donors (Lipinski definition) is 2. The largest absolute Gasteiger partial charge is 0.398 e. The van der Waals surface area contributed by atoms with E-state index in [-0.39, 0.29) is 10.6 Å². The third-order valence-corrected chi connectivity index (χ3v) is 3.77. The Labute approximate surface area is 101 Å². The molecule has 0 aromatic heterocycles. The molecule has 1 aromatic rings. The molecule has 0 bridgehead atoms. The molecule has 0 aliphatic heterocycles. The highest BCUT2D eigenvalue weighted by molar-refractivity contribution is 7.89. The van der Waals surface area contributed by atoms with Crippen LogP contribution in [0.3, 0.4) is 0 Å². The smallest absolute Gasteiger partial charge is 0.243 e. The molecule has 16 heavy (non-hydrogen) atoms. The van der Waals surface area contributed by atoms with Gasteiger partial charge in [0.1, 0.15) is 4.90 Å². The number of benzene rings is 1. The van der Waals surface area contributed by atoms with Crippen LogP contribution in [0.15, 0.2) is 23.1 Å². The zero-order valence-electron chi connectivity index (χ0n) is 9.41. The predicted molar refractivity (Wildman–Crippen MR) is 65.9 cm³/mol. The van der Waals surface area contributed by atoms with Crippen molar-refractivity contribution in [2.24, 2.45) is 0 Å². The molecule has 0 spiro atoms. The number of sulfonamides is 1. The first kappa shape index (κ1) is 13.3. The lowest BCUT2D eigenvalue weighted by atomic mass is 10.1. The number of rotatable bonds is 2. The number of nitrogens with one attached hydrogen (secondary N) is 1. The van der Waals surface area contributed by atoms with E-state index in [0.29, 0.717) is 5.02 Å². The minimum atomic E-state index is -3.60. The number of nitrogens with two attached hydrogens (primary N) is 1. The van der Waals surface area contributed by atoms with Gasteiger partial charge in [-0.05, 0) is 39.0 Å². The van der Waals surface area contributed by atoms with Gasteiger partial charge in [-0.1, -0.05) is 11.6 Å². The third kappa shape index (κ3) is 3.37. The highest BCUT2D eigenvalue weighted by Crippen LogP contribution is 2.23. The summed E-state index contributed by atoms with van der Waals surface area (Å²) < 4.78 is 26.4. The second kappa shape index (κ2) is 4.24. The molecule has 3 N–H and O–H groups in total. The van der Waals surface area contributed by atoms with Gasteiger partial charge in [0.05, 0.1) is 5.69 Å². The summed E-state index contributed by atoms with van der Waals surface area (Å²) in [4.78, 5) is 0.0480. The van der Waals surface area contributed by atoms with E-state index in [1.165, 1.54) is 18.2 Å². The summed E-state index contributed by atoms with van der Waals surface area (Å²) in [6.45, 7) is 5.28. The molecule has 1 rings (SSSR count). The molecule has 0 amide bonds. The molecule has 0 saturated heterocycles. The highest BCUT2D eigenvalue weighted by atomic mass is 35.5.